The van der Waals surface area contributed by atoms with Gasteiger partial charge >= 0.3 is 0 Å². The van der Waals surface area contributed by atoms with Crippen LogP contribution in [0.4, 0.5) is 0 Å². The Morgan fingerprint density at radius 1 is 0.944 bits per heavy atom. The molecular weight excluding hydrogens is 244 g/mol. The molecule has 90 valence electrons. The summed E-state index contributed by atoms with van der Waals surface area (Å²) in [6.45, 7) is 0. The van der Waals surface area contributed by atoms with Crippen molar-refractivity contribution in [2.75, 3.05) is 0 Å². The standard InChI is InChI=1S/C16H13ClO/c17-9-7-14-12-5-6-13(16(14)15(18)8-9)11-4-2-1-3-10(11)12/h1-4,7-8,12-13,18H,5-6H2. The van der Waals surface area contributed by atoms with Crippen LogP contribution in [0.3, 0.4) is 0 Å². The maximum Gasteiger partial charge on any atom is 0.121 e. The molecule has 18 heavy (non-hydrogen) atoms. The van der Waals surface area contributed by atoms with Crippen LogP contribution in [-0.2, 0) is 0 Å². The zero-order valence-corrected chi connectivity index (χ0v) is 10.6. The molecule has 1 nitrogen and oxygen atoms in total. The third-order valence-corrected chi connectivity index (χ3v) is 4.59. The van der Waals surface area contributed by atoms with E-state index in [4.69, 9.17) is 11.6 Å². The molecule has 3 aliphatic carbocycles. The number of halogens is 1. The number of rotatable bonds is 0. The quantitative estimate of drug-likeness (QED) is 0.740. The van der Waals surface area contributed by atoms with Gasteiger partial charge in [-0.15, -0.1) is 0 Å². The highest BCUT2D eigenvalue weighted by atomic mass is 35.5. The fourth-order valence-electron chi connectivity index (χ4n) is 3.70. The van der Waals surface area contributed by atoms with Gasteiger partial charge < -0.3 is 5.11 Å². The first-order valence-corrected chi connectivity index (χ1v) is 6.74. The lowest BCUT2D eigenvalue weighted by molar-refractivity contribution is 0.440. The molecule has 0 heterocycles. The number of benzene rings is 2. The number of hydrogen-bond acceptors (Lipinski definition) is 1. The predicted octanol–water partition coefficient (Wildman–Crippen LogP) is 4.42. The van der Waals surface area contributed by atoms with Gasteiger partial charge in [0.15, 0.2) is 0 Å². The Morgan fingerprint density at radius 3 is 2.39 bits per heavy atom. The Hall–Kier alpha value is -1.47. The average Bonchev–Trinajstić information content (AvgIpc) is 2.38. The first-order valence-electron chi connectivity index (χ1n) is 6.37. The number of phenols is 1. The molecular formula is C16H13ClO. The van der Waals surface area contributed by atoms with Crippen molar-refractivity contribution >= 4 is 11.6 Å². The summed E-state index contributed by atoms with van der Waals surface area (Å²) < 4.78 is 0. The lowest BCUT2D eigenvalue weighted by atomic mass is 9.64. The zero-order valence-electron chi connectivity index (χ0n) is 9.86. The largest absolute Gasteiger partial charge is 0.508 e. The van der Waals surface area contributed by atoms with E-state index in [1.54, 1.807) is 6.07 Å². The predicted molar refractivity (Wildman–Crippen MR) is 72.5 cm³/mol. The lowest BCUT2D eigenvalue weighted by Crippen LogP contribution is -2.24. The molecule has 0 amide bonds. The van der Waals surface area contributed by atoms with Gasteiger partial charge in [0.25, 0.3) is 0 Å². The summed E-state index contributed by atoms with van der Waals surface area (Å²) in [4.78, 5) is 0. The Kier molecular flexibility index (Phi) is 2.04. The van der Waals surface area contributed by atoms with Gasteiger partial charge in [-0.05, 0) is 41.7 Å². The van der Waals surface area contributed by atoms with Crippen LogP contribution < -0.4 is 0 Å². The van der Waals surface area contributed by atoms with Crippen molar-refractivity contribution in [3.05, 3.63) is 63.7 Å². The second-order valence-corrected chi connectivity index (χ2v) is 5.68. The van der Waals surface area contributed by atoms with Crippen LogP contribution >= 0.6 is 11.6 Å². The van der Waals surface area contributed by atoms with Gasteiger partial charge in [-0.2, -0.15) is 0 Å². The fourth-order valence-corrected chi connectivity index (χ4v) is 3.93. The topological polar surface area (TPSA) is 20.2 Å². The average molecular weight is 257 g/mol. The first-order chi connectivity index (χ1) is 8.75. The van der Waals surface area contributed by atoms with Gasteiger partial charge in [-0.25, -0.2) is 0 Å². The minimum Gasteiger partial charge on any atom is -0.508 e. The van der Waals surface area contributed by atoms with E-state index in [2.05, 4.69) is 24.3 Å². The molecule has 2 aromatic carbocycles. The molecule has 0 radical (unpaired) electrons. The van der Waals surface area contributed by atoms with E-state index in [1.807, 2.05) is 6.07 Å². The summed E-state index contributed by atoms with van der Waals surface area (Å²) in [6.07, 6.45) is 2.29. The SMILES string of the molecule is Oc1cc(Cl)cc2c1C1CCC2c2ccccc21. The monoisotopic (exact) mass is 256 g/mol. The molecule has 2 aromatic rings. The van der Waals surface area contributed by atoms with E-state index in [0.717, 1.165) is 18.4 Å². The van der Waals surface area contributed by atoms with Crippen LogP contribution in [0.1, 0.15) is 46.9 Å². The maximum atomic E-state index is 10.2. The Bertz CT molecular complexity index is 648. The van der Waals surface area contributed by atoms with Gasteiger partial charge in [-0.1, -0.05) is 35.9 Å². The molecule has 0 fully saturated rings. The Morgan fingerprint density at radius 2 is 1.61 bits per heavy atom. The molecule has 2 bridgehead atoms. The second kappa shape index (κ2) is 3.52. The van der Waals surface area contributed by atoms with Gasteiger partial charge in [0.1, 0.15) is 5.75 Å². The van der Waals surface area contributed by atoms with Crippen molar-refractivity contribution < 1.29 is 5.11 Å². The van der Waals surface area contributed by atoms with E-state index < -0.39 is 0 Å². The number of hydrogen-bond donors (Lipinski definition) is 1. The highest BCUT2D eigenvalue weighted by molar-refractivity contribution is 6.30. The van der Waals surface area contributed by atoms with Gasteiger partial charge in [0, 0.05) is 22.4 Å². The number of phenolic OH excluding ortho intramolecular Hbond substituents is 1. The maximum absolute atomic E-state index is 10.2. The van der Waals surface area contributed by atoms with Crippen molar-refractivity contribution in [3.8, 4) is 5.75 Å². The normalized spacial score (nSPS) is 23.6. The second-order valence-electron chi connectivity index (χ2n) is 5.24. The van der Waals surface area contributed by atoms with E-state index in [-0.39, 0.29) is 0 Å². The van der Waals surface area contributed by atoms with Crippen molar-refractivity contribution in [1.29, 1.82) is 0 Å². The summed E-state index contributed by atoms with van der Waals surface area (Å²) in [6, 6.07) is 12.3. The smallest absolute Gasteiger partial charge is 0.121 e. The van der Waals surface area contributed by atoms with Gasteiger partial charge in [0.05, 0.1) is 0 Å². The van der Waals surface area contributed by atoms with Crippen molar-refractivity contribution in [3.63, 3.8) is 0 Å². The minimum atomic E-state index is 0.346. The number of fused-ring (bicyclic) bond motifs is 1. The Labute approximate surface area is 111 Å². The number of aromatic hydroxyl groups is 1. The molecule has 5 rings (SSSR count). The van der Waals surface area contributed by atoms with E-state index in [0.29, 0.717) is 22.6 Å². The summed E-state index contributed by atoms with van der Waals surface area (Å²) in [5, 5.41) is 10.8. The first kappa shape index (κ1) is 10.5. The highest BCUT2D eigenvalue weighted by Gasteiger charge is 2.38. The summed E-state index contributed by atoms with van der Waals surface area (Å²) in [7, 11) is 0. The molecule has 2 unspecified atom stereocenters. The molecule has 2 atom stereocenters. The van der Waals surface area contributed by atoms with E-state index in [1.165, 1.54) is 16.7 Å². The van der Waals surface area contributed by atoms with Crippen LogP contribution in [0.15, 0.2) is 36.4 Å². The van der Waals surface area contributed by atoms with Crippen LogP contribution in [0.2, 0.25) is 5.02 Å². The molecule has 0 saturated carbocycles. The molecule has 0 saturated heterocycles. The van der Waals surface area contributed by atoms with E-state index in [9.17, 15) is 5.11 Å². The fraction of sp³-hybridized carbons (Fsp3) is 0.250. The van der Waals surface area contributed by atoms with Crippen LogP contribution in [0, 0.1) is 0 Å². The molecule has 1 N–H and O–H groups in total. The van der Waals surface area contributed by atoms with Gasteiger partial charge in [0.2, 0.25) is 0 Å². The van der Waals surface area contributed by atoms with Gasteiger partial charge in [-0.3, -0.25) is 0 Å². The minimum absolute atomic E-state index is 0.346. The van der Waals surface area contributed by atoms with Crippen LogP contribution in [0.25, 0.3) is 0 Å². The third kappa shape index (κ3) is 1.23. The lowest BCUT2D eigenvalue weighted by Gasteiger charge is -2.40. The molecule has 3 aliphatic rings. The Balaban J connectivity index is 2.04. The summed E-state index contributed by atoms with van der Waals surface area (Å²) >= 11 is 6.09. The van der Waals surface area contributed by atoms with E-state index >= 15 is 0 Å². The molecule has 0 aliphatic heterocycles. The van der Waals surface area contributed by atoms with Crippen LogP contribution in [0.5, 0.6) is 5.75 Å². The zero-order chi connectivity index (χ0) is 12.3. The third-order valence-electron chi connectivity index (χ3n) is 4.37. The summed E-state index contributed by atoms with van der Waals surface area (Å²) in [5.41, 5.74) is 5.14. The molecule has 0 spiro atoms. The van der Waals surface area contributed by atoms with Crippen molar-refractivity contribution in [1.82, 2.24) is 0 Å². The van der Waals surface area contributed by atoms with Crippen molar-refractivity contribution in [2.45, 2.75) is 24.7 Å². The highest BCUT2D eigenvalue weighted by Crippen LogP contribution is 2.55. The van der Waals surface area contributed by atoms with Crippen LogP contribution in [-0.4, -0.2) is 5.11 Å². The molecule has 2 heteroatoms. The molecule has 0 aromatic heterocycles. The summed E-state index contributed by atoms with van der Waals surface area (Å²) in [5.74, 6) is 1.12. The van der Waals surface area contributed by atoms with Crippen molar-refractivity contribution in [2.24, 2.45) is 0 Å².